The van der Waals surface area contributed by atoms with Gasteiger partial charge in [-0.05, 0) is 12.1 Å². The fourth-order valence-corrected chi connectivity index (χ4v) is 0.909. The van der Waals surface area contributed by atoms with E-state index in [-0.39, 0.29) is 17.1 Å². The molecule has 4 heteroatoms. The summed E-state index contributed by atoms with van der Waals surface area (Å²) in [6.45, 7) is 0. The first-order chi connectivity index (χ1) is 6.65. The molecule has 0 bridgehead atoms. The van der Waals surface area contributed by atoms with Crippen LogP contribution in [0, 0.1) is 11.8 Å². The average Bonchev–Trinajstić information content (AvgIpc) is 2.16. The van der Waals surface area contributed by atoms with Crippen molar-refractivity contribution in [2.75, 3.05) is 7.11 Å². The lowest BCUT2D eigenvalue weighted by Crippen LogP contribution is -1.89. The highest BCUT2D eigenvalue weighted by Gasteiger charge is 2.04. The predicted octanol–water partition coefficient (Wildman–Crippen LogP) is 0.837. The molecule has 0 aromatic heterocycles. The van der Waals surface area contributed by atoms with Crippen molar-refractivity contribution in [3.63, 3.8) is 0 Å². The van der Waals surface area contributed by atoms with Crippen LogP contribution >= 0.6 is 0 Å². The minimum Gasteiger partial charge on any atom is -0.503 e. The van der Waals surface area contributed by atoms with Gasteiger partial charge in [0.15, 0.2) is 11.5 Å². The van der Waals surface area contributed by atoms with Gasteiger partial charge in [-0.1, -0.05) is 12.0 Å². The Hall–Kier alpha value is -2.15. The summed E-state index contributed by atoms with van der Waals surface area (Å²) in [5.41, 5.74) is 0.228. The molecule has 72 valence electrons. The van der Waals surface area contributed by atoms with Crippen molar-refractivity contribution in [3.8, 4) is 23.3 Å². The lowest BCUT2D eigenvalue weighted by molar-refractivity contribution is -0.130. The van der Waals surface area contributed by atoms with Crippen LogP contribution in [-0.2, 0) is 4.79 Å². The van der Waals surface area contributed by atoms with Crippen LogP contribution in [0.3, 0.4) is 0 Å². The molecule has 0 spiro atoms. The van der Waals surface area contributed by atoms with Gasteiger partial charge in [0.25, 0.3) is 0 Å². The number of carboxylic acids is 1. The maximum absolute atomic E-state index is 10.2. The fraction of sp³-hybridized carbons (Fsp3) is 0.100. The number of phenolic OH excluding ortho intramolecular Hbond substituents is 1. The Morgan fingerprint density at radius 2 is 2.21 bits per heavy atom. The number of aliphatic carboxylic acids is 1. The summed E-state index contributed by atoms with van der Waals surface area (Å²) in [5, 5.41) is 17.8. The van der Waals surface area contributed by atoms with Crippen molar-refractivity contribution < 1.29 is 19.7 Å². The molecular formula is C10H8O4. The van der Waals surface area contributed by atoms with E-state index in [2.05, 4.69) is 5.92 Å². The second-order valence-corrected chi connectivity index (χ2v) is 2.41. The first-order valence-electron chi connectivity index (χ1n) is 3.76. The van der Waals surface area contributed by atoms with Gasteiger partial charge in [0.1, 0.15) is 0 Å². The highest BCUT2D eigenvalue weighted by atomic mass is 16.5. The molecule has 0 aliphatic heterocycles. The molecular weight excluding hydrogens is 184 g/mol. The van der Waals surface area contributed by atoms with E-state index in [0.29, 0.717) is 0 Å². The van der Waals surface area contributed by atoms with Crippen LogP contribution in [-0.4, -0.2) is 23.3 Å². The number of methoxy groups -OCH3 is 1. The van der Waals surface area contributed by atoms with E-state index >= 15 is 0 Å². The van der Waals surface area contributed by atoms with Crippen LogP contribution in [0.5, 0.6) is 11.5 Å². The molecule has 0 amide bonds. The summed E-state index contributed by atoms with van der Waals surface area (Å²) < 4.78 is 4.83. The SMILES string of the molecule is COc1cccc(C#CC(=O)O)c1O. The van der Waals surface area contributed by atoms with Crippen molar-refractivity contribution in [1.29, 1.82) is 0 Å². The van der Waals surface area contributed by atoms with Crippen LogP contribution in [0.1, 0.15) is 5.56 Å². The van der Waals surface area contributed by atoms with Gasteiger partial charge in [-0.2, -0.15) is 0 Å². The molecule has 0 saturated heterocycles. The first kappa shape index (κ1) is 9.93. The van der Waals surface area contributed by atoms with Crippen LogP contribution in [0.15, 0.2) is 18.2 Å². The number of ether oxygens (including phenoxy) is 1. The number of benzene rings is 1. The number of hydrogen-bond donors (Lipinski definition) is 2. The summed E-state index contributed by atoms with van der Waals surface area (Å²) in [6, 6.07) is 4.68. The third kappa shape index (κ3) is 2.17. The Morgan fingerprint density at radius 1 is 1.50 bits per heavy atom. The quantitative estimate of drug-likeness (QED) is 0.647. The molecule has 2 N–H and O–H groups in total. The van der Waals surface area contributed by atoms with Gasteiger partial charge in [-0.3, -0.25) is 0 Å². The highest BCUT2D eigenvalue weighted by molar-refractivity contribution is 5.87. The van der Waals surface area contributed by atoms with E-state index in [4.69, 9.17) is 9.84 Å². The number of carbonyl (C=O) groups is 1. The lowest BCUT2D eigenvalue weighted by atomic mass is 10.2. The van der Waals surface area contributed by atoms with Crippen molar-refractivity contribution in [3.05, 3.63) is 23.8 Å². The van der Waals surface area contributed by atoms with E-state index in [1.165, 1.54) is 13.2 Å². The van der Waals surface area contributed by atoms with Crippen LogP contribution < -0.4 is 4.74 Å². The third-order valence-electron chi connectivity index (χ3n) is 1.52. The number of rotatable bonds is 1. The van der Waals surface area contributed by atoms with E-state index in [0.717, 1.165) is 0 Å². The Kier molecular flexibility index (Phi) is 2.97. The summed E-state index contributed by atoms with van der Waals surface area (Å²) in [4.78, 5) is 10.2. The molecule has 0 radical (unpaired) electrons. The molecule has 0 unspecified atom stereocenters. The monoisotopic (exact) mass is 192 g/mol. The standard InChI is InChI=1S/C10H8O4/c1-14-8-4-2-3-7(10(8)13)5-6-9(11)12/h2-4,13H,1H3,(H,11,12). The number of hydrogen-bond acceptors (Lipinski definition) is 3. The lowest BCUT2D eigenvalue weighted by Gasteiger charge is -2.03. The zero-order chi connectivity index (χ0) is 10.6. The largest absolute Gasteiger partial charge is 0.503 e. The Morgan fingerprint density at radius 3 is 2.79 bits per heavy atom. The normalized spacial score (nSPS) is 8.64. The minimum absolute atomic E-state index is 0.149. The number of aromatic hydroxyl groups is 1. The zero-order valence-corrected chi connectivity index (χ0v) is 7.44. The predicted molar refractivity (Wildman–Crippen MR) is 49.2 cm³/mol. The highest BCUT2D eigenvalue weighted by Crippen LogP contribution is 2.28. The van der Waals surface area contributed by atoms with Crippen molar-refractivity contribution in [1.82, 2.24) is 0 Å². The Labute approximate surface area is 80.8 Å². The van der Waals surface area contributed by atoms with Gasteiger partial charge in [-0.25, -0.2) is 4.79 Å². The van der Waals surface area contributed by atoms with Crippen molar-refractivity contribution >= 4 is 5.97 Å². The minimum atomic E-state index is -1.24. The van der Waals surface area contributed by atoms with Gasteiger partial charge in [0, 0.05) is 5.92 Å². The number of phenols is 1. The first-order valence-corrected chi connectivity index (χ1v) is 3.76. The topological polar surface area (TPSA) is 66.8 Å². The molecule has 0 aliphatic carbocycles. The third-order valence-corrected chi connectivity index (χ3v) is 1.52. The molecule has 0 fully saturated rings. The summed E-state index contributed by atoms with van der Waals surface area (Å²) >= 11 is 0. The number of para-hydroxylation sites is 1. The second kappa shape index (κ2) is 4.19. The molecule has 1 aromatic carbocycles. The molecule has 0 atom stereocenters. The van der Waals surface area contributed by atoms with E-state index in [9.17, 15) is 9.90 Å². The smallest absolute Gasteiger partial charge is 0.382 e. The van der Waals surface area contributed by atoms with Crippen LogP contribution in [0.2, 0.25) is 0 Å². The van der Waals surface area contributed by atoms with Gasteiger partial charge in [0.2, 0.25) is 0 Å². The molecule has 0 aliphatic rings. The zero-order valence-electron chi connectivity index (χ0n) is 7.44. The van der Waals surface area contributed by atoms with Gasteiger partial charge < -0.3 is 14.9 Å². The van der Waals surface area contributed by atoms with Crippen molar-refractivity contribution in [2.24, 2.45) is 0 Å². The molecule has 1 aromatic rings. The van der Waals surface area contributed by atoms with E-state index < -0.39 is 5.97 Å². The summed E-state index contributed by atoms with van der Waals surface area (Å²) in [7, 11) is 1.41. The molecule has 4 nitrogen and oxygen atoms in total. The van der Waals surface area contributed by atoms with Gasteiger partial charge in [-0.15, -0.1) is 0 Å². The van der Waals surface area contributed by atoms with Crippen molar-refractivity contribution in [2.45, 2.75) is 0 Å². The van der Waals surface area contributed by atoms with Crippen LogP contribution in [0.4, 0.5) is 0 Å². The van der Waals surface area contributed by atoms with Gasteiger partial charge >= 0.3 is 5.97 Å². The van der Waals surface area contributed by atoms with Gasteiger partial charge in [0.05, 0.1) is 12.7 Å². The summed E-state index contributed by atoms with van der Waals surface area (Å²) in [5.74, 6) is 3.09. The second-order valence-electron chi connectivity index (χ2n) is 2.41. The molecule has 14 heavy (non-hydrogen) atoms. The summed E-state index contributed by atoms with van der Waals surface area (Å²) in [6.07, 6.45) is 0. The molecule has 0 heterocycles. The van der Waals surface area contributed by atoms with E-state index in [1.54, 1.807) is 12.1 Å². The Bertz CT molecular complexity index is 412. The fourth-order valence-electron chi connectivity index (χ4n) is 0.909. The average molecular weight is 192 g/mol. The molecule has 1 rings (SSSR count). The van der Waals surface area contributed by atoms with Crippen LogP contribution in [0.25, 0.3) is 0 Å². The number of carboxylic acid groups (broad SMARTS) is 1. The maximum Gasteiger partial charge on any atom is 0.382 e. The van der Waals surface area contributed by atoms with E-state index in [1.807, 2.05) is 5.92 Å². The Balaban J connectivity index is 3.12. The maximum atomic E-state index is 10.2. The molecule has 0 saturated carbocycles.